The second kappa shape index (κ2) is 6.11. The second-order valence-electron chi connectivity index (χ2n) is 4.06. The summed E-state index contributed by atoms with van der Waals surface area (Å²) in [5, 5.41) is 6.91. The van der Waals surface area contributed by atoms with Crippen LogP contribution < -0.4 is 10.6 Å². The highest BCUT2D eigenvalue weighted by atomic mass is 35.5. The van der Waals surface area contributed by atoms with Crippen molar-refractivity contribution in [2.45, 2.75) is 25.9 Å². The van der Waals surface area contributed by atoms with Gasteiger partial charge in [-0.2, -0.15) is 0 Å². The normalized spacial score (nSPS) is 19.9. The molecule has 0 unspecified atom stereocenters. The molecule has 1 aliphatic rings. The van der Waals surface area contributed by atoms with Crippen LogP contribution in [0.4, 0.5) is 0 Å². The Morgan fingerprint density at radius 2 is 2.07 bits per heavy atom. The fourth-order valence-corrected chi connectivity index (χ4v) is 1.80. The molecule has 1 fully saturated rings. The zero-order valence-electron chi connectivity index (χ0n) is 9.12. The van der Waals surface area contributed by atoms with E-state index in [4.69, 9.17) is 0 Å². The molecule has 2 nitrogen and oxygen atoms in total. The molecule has 2 N–H and O–H groups in total. The van der Waals surface area contributed by atoms with Gasteiger partial charge in [0.05, 0.1) is 0 Å². The number of aryl methyl sites for hydroxylation is 1. The van der Waals surface area contributed by atoms with Crippen LogP contribution in [0.25, 0.3) is 0 Å². The van der Waals surface area contributed by atoms with E-state index < -0.39 is 0 Å². The molecule has 0 bridgehead atoms. The lowest BCUT2D eigenvalue weighted by molar-refractivity contribution is 0.547. The van der Waals surface area contributed by atoms with Crippen molar-refractivity contribution in [2.24, 2.45) is 0 Å². The molecule has 1 aliphatic heterocycles. The van der Waals surface area contributed by atoms with Crippen molar-refractivity contribution in [3.8, 4) is 0 Å². The van der Waals surface area contributed by atoms with Gasteiger partial charge in [-0.05, 0) is 25.5 Å². The molecule has 15 heavy (non-hydrogen) atoms. The first kappa shape index (κ1) is 12.5. The summed E-state index contributed by atoms with van der Waals surface area (Å²) in [5.41, 5.74) is 2.71. The molecule has 1 saturated heterocycles. The first-order valence-corrected chi connectivity index (χ1v) is 5.34. The Morgan fingerprint density at radius 3 is 2.67 bits per heavy atom. The third-order valence-electron chi connectivity index (χ3n) is 2.78. The number of rotatable bonds is 3. The molecule has 1 aromatic rings. The minimum absolute atomic E-state index is 0. The Labute approximate surface area is 97.9 Å². The predicted molar refractivity (Wildman–Crippen MR) is 66.5 cm³/mol. The molecule has 84 valence electrons. The summed E-state index contributed by atoms with van der Waals surface area (Å²) in [5.74, 6) is 0. The SMILES string of the molecule is Cc1ccc(CN[C@H]2CCNC2)cc1.Cl. The maximum absolute atomic E-state index is 3.55. The van der Waals surface area contributed by atoms with Crippen LogP contribution in [0.3, 0.4) is 0 Å². The Morgan fingerprint density at radius 1 is 1.33 bits per heavy atom. The molecular formula is C12H19ClN2. The average molecular weight is 227 g/mol. The Kier molecular flexibility index (Phi) is 5.09. The van der Waals surface area contributed by atoms with Crippen molar-refractivity contribution >= 4 is 12.4 Å². The van der Waals surface area contributed by atoms with Crippen molar-refractivity contribution in [2.75, 3.05) is 13.1 Å². The van der Waals surface area contributed by atoms with Crippen molar-refractivity contribution in [3.63, 3.8) is 0 Å². The molecular weight excluding hydrogens is 208 g/mol. The van der Waals surface area contributed by atoms with Crippen molar-refractivity contribution in [1.29, 1.82) is 0 Å². The van der Waals surface area contributed by atoms with E-state index in [1.165, 1.54) is 17.5 Å². The lowest BCUT2D eigenvalue weighted by atomic mass is 10.1. The van der Waals surface area contributed by atoms with Gasteiger partial charge in [-0.25, -0.2) is 0 Å². The standard InChI is InChI=1S/C12H18N2.ClH/c1-10-2-4-11(5-3-10)8-14-12-6-7-13-9-12;/h2-5,12-14H,6-9H2,1H3;1H/t12-;/m0./s1. The molecule has 0 spiro atoms. The lowest BCUT2D eigenvalue weighted by Gasteiger charge is -2.10. The fraction of sp³-hybridized carbons (Fsp3) is 0.500. The first-order chi connectivity index (χ1) is 6.84. The van der Waals surface area contributed by atoms with Gasteiger partial charge in [-0.15, -0.1) is 12.4 Å². The Bertz CT molecular complexity index is 278. The van der Waals surface area contributed by atoms with Crippen molar-refractivity contribution < 1.29 is 0 Å². The summed E-state index contributed by atoms with van der Waals surface area (Å²) in [4.78, 5) is 0. The van der Waals surface area contributed by atoms with Crippen LogP contribution in [0.5, 0.6) is 0 Å². The highest BCUT2D eigenvalue weighted by Gasteiger charge is 2.12. The topological polar surface area (TPSA) is 24.1 Å². The average Bonchev–Trinajstić information content (AvgIpc) is 2.70. The zero-order valence-corrected chi connectivity index (χ0v) is 9.94. The summed E-state index contributed by atoms with van der Waals surface area (Å²) >= 11 is 0. The summed E-state index contributed by atoms with van der Waals surface area (Å²) < 4.78 is 0. The van der Waals surface area contributed by atoms with Crippen LogP contribution in [0.2, 0.25) is 0 Å². The molecule has 3 heteroatoms. The van der Waals surface area contributed by atoms with Crippen LogP contribution in [-0.2, 0) is 6.54 Å². The van der Waals surface area contributed by atoms with Gasteiger partial charge >= 0.3 is 0 Å². The molecule has 1 heterocycles. The Hall–Kier alpha value is -0.570. The number of hydrogen-bond acceptors (Lipinski definition) is 2. The van der Waals surface area contributed by atoms with Crippen molar-refractivity contribution in [1.82, 2.24) is 10.6 Å². The highest BCUT2D eigenvalue weighted by molar-refractivity contribution is 5.85. The number of nitrogens with one attached hydrogen (secondary N) is 2. The van der Waals surface area contributed by atoms with E-state index in [1.807, 2.05) is 0 Å². The van der Waals surface area contributed by atoms with E-state index in [0.717, 1.165) is 19.6 Å². The van der Waals surface area contributed by atoms with E-state index in [2.05, 4.69) is 41.8 Å². The molecule has 0 radical (unpaired) electrons. The molecule has 0 aromatic heterocycles. The van der Waals surface area contributed by atoms with Gasteiger partial charge in [0.1, 0.15) is 0 Å². The molecule has 2 rings (SSSR count). The monoisotopic (exact) mass is 226 g/mol. The van der Waals surface area contributed by atoms with Gasteiger partial charge in [0.15, 0.2) is 0 Å². The highest BCUT2D eigenvalue weighted by Crippen LogP contribution is 2.04. The summed E-state index contributed by atoms with van der Waals surface area (Å²) in [7, 11) is 0. The van der Waals surface area contributed by atoms with Crippen LogP contribution in [0.1, 0.15) is 17.5 Å². The summed E-state index contributed by atoms with van der Waals surface area (Å²) in [6.07, 6.45) is 1.26. The molecule has 0 saturated carbocycles. The maximum Gasteiger partial charge on any atom is 0.0208 e. The number of halogens is 1. The largest absolute Gasteiger partial charge is 0.315 e. The lowest BCUT2D eigenvalue weighted by Crippen LogP contribution is -2.30. The van der Waals surface area contributed by atoms with Crippen LogP contribution in [0.15, 0.2) is 24.3 Å². The van der Waals surface area contributed by atoms with E-state index >= 15 is 0 Å². The summed E-state index contributed by atoms with van der Waals surface area (Å²) in [6, 6.07) is 9.40. The molecule has 1 atom stereocenters. The van der Waals surface area contributed by atoms with Gasteiger partial charge < -0.3 is 10.6 Å². The zero-order chi connectivity index (χ0) is 9.80. The predicted octanol–water partition coefficient (Wildman–Crippen LogP) is 1.87. The summed E-state index contributed by atoms with van der Waals surface area (Å²) in [6.45, 7) is 5.39. The van der Waals surface area contributed by atoms with Gasteiger partial charge in [-0.1, -0.05) is 29.8 Å². The van der Waals surface area contributed by atoms with Crippen LogP contribution >= 0.6 is 12.4 Å². The maximum atomic E-state index is 3.55. The number of hydrogen-bond donors (Lipinski definition) is 2. The van der Waals surface area contributed by atoms with Crippen LogP contribution in [-0.4, -0.2) is 19.1 Å². The van der Waals surface area contributed by atoms with Gasteiger partial charge in [0, 0.05) is 19.1 Å². The minimum Gasteiger partial charge on any atom is -0.315 e. The first-order valence-electron chi connectivity index (χ1n) is 5.34. The van der Waals surface area contributed by atoms with E-state index in [0.29, 0.717) is 6.04 Å². The minimum atomic E-state index is 0. The molecule has 0 aliphatic carbocycles. The van der Waals surface area contributed by atoms with Gasteiger partial charge in [0.25, 0.3) is 0 Å². The van der Waals surface area contributed by atoms with Crippen LogP contribution in [0, 0.1) is 6.92 Å². The molecule has 1 aromatic carbocycles. The van der Waals surface area contributed by atoms with E-state index in [-0.39, 0.29) is 12.4 Å². The van der Waals surface area contributed by atoms with Gasteiger partial charge in [-0.3, -0.25) is 0 Å². The third-order valence-corrected chi connectivity index (χ3v) is 2.78. The fourth-order valence-electron chi connectivity index (χ4n) is 1.80. The smallest absolute Gasteiger partial charge is 0.0208 e. The van der Waals surface area contributed by atoms with Gasteiger partial charge in [0.2, 0.25) is 0 Å². The number of benzene rings is 1. The quantitative estimate of drug-likeness (QED) is 0.823. The second-order valence-corrected chi connectivity index (χ2v) is 4.06. The molecule has 0 amide bonds. The Balaban J connectivity index is 0.00000112. The van der Waals surface area contributed by atoms with E-state index in [1.54, 1.807) is 0 Å². The van der Waals surface area contributed by atoms with E-state index in [9.17, 15) is 0 Å². The van der Waals surface area contributed by atoms with Crippen molar-refractivity contribution in [3.05, 3.63) is 35.4 Å². The third kappa shape index (κ3) is 3.82.